The molecule has 0 spiro atoms. The Morgan fingerprint density at radius 1 is 0.938 bits per heavy atom. The molecule has 1 atom stereocenters. The van der Waals surface area contributed by atoms with Crippen LogP contribution in [0.3, 0.4) is 0 Å². The monoisotopic (exact) mass is 223 g/mol. The van der Waals surface area contributed by atoms with Crippen molar-refractivity contribution in [1.29, 1.82) is 0 Å². The maximum Gasteiger partial charge on any atom is 0.145 e. The van der Waals surface area contributed by atoms with Gasteiger partial charge in [0.2, 0.25) is 0 Å². The van der Waals surface area contributed by atoms with E-state index in [4.69, 9.17) is 5.73 Å². The number of hydrogen-bond acceptors (Lipinski definition) is 3. The van der Waals surface area contributed by atoms with Crippen LogP contribution in [0.2, 0.25) is 0 Å². The van der Waals surface area contributed by atoms with Gasteiger partial charge in [-0.2, -0.15) is 0 Å². The first-order valence-electron chi connectivity index (χ1n) is 6.04. The highest BCUT2D eigenvalue weighted by Gasteiger charge is 2.12. The Labute approximate surface area is 99.5 Å². The highest BCUT2D eigenvalue weighted by Crippen LogP contribution is 2.21. The zero-order valence-electron chi connectivity index (χ0n) is 11.6. The van der Waals surface area contributed by atoms with Crippen molar-refractivity contribution >= 4 is 0 Å². The fourth-order valence-corrected chi connectivity index (χ4v) is 1.79. The van der Waals surface area contributed by atoms with E-state index in [0.29, 0.717) is 5.92 Å². The molecular formula is C13H25N3. The Balaban J connectivity index is 0.00000106. The summed E-state index contributed by atoms with van der Waals surface area (Å²) in [6.07, 6.45) is 0. The van der Waals surface area contributed by atoms with Gasteiger partial charge in [0.15, 0.2) is 0 Å². The lowest BCUT2D eigenvalue weighted by Crippen LogP contribution is -2.14. The molecule has 0 bridgehead atoms. The summed E-state index contributed by atoms with van der Waals surface area (Å²) in [7, 11) is 0. The summed E-state index contributed by atoms with van der Waals surface area (Å²) in [6.45, 7) is 14.3. The van der Waals surface area contributed by atoms with Gasteiger partial charge in [-0.15, -0.1) is 0 Å². The Kier molecular flexibility index (Phi) is 6.19. The normalized spacial score (nSPS) is 12.1. The van der Waals surface area contributed by atoms with Crippen LogP contribution in [0.1, 0.15) is 69.4 Å². The number of nitrogens with zero attached hydrogens (tertiary/aromatic N) is 2. The number of hydrogen-bond donors (Lipinski definition) is 1. The van der Waals surface area contributed by atoms with E-state index >= 15 is 0 Å². The van der Waals surface area contributed by atoms with E-state index in [9.17, 15) is 0 Å². The highest BCUT2D eigenvalue weighted by molar-refractivity contribution is 5.27. The van der Waals surface area contributed by atoms with Gasteiger partial charge in [0.25, 0.3) is 0 Å². The minimum Gasteiger partial charge on any atom is -0.322 e. The van der Waals surface area contributed by atoms with Crippen LogP contribution < -0.4 is 5.73 Å². The van der Waals surface area contributed by atoms with Crippen LogP contribution >= 0.6 is 0 Å². The van der Waals surface area contributed by atoms with Gasteiger partial charge in [-0.3, -0.25) is 0 Å². The average Bonchev–Trinajstić information content (AvgIpc) is 2.18. The lowest BCUT2D eigenvalue weighted by atomic mass is 10.00. The number of rotatable bonds is 2. The standard InChI is InChI=1S/C11H19N3.C2H6/c1-6(2)10-8(4)13-11(7(3)12)14-9(10)5;1-2/h6-7H,12H2,1-5H3;1-2H3. The summed E-state index contributed by atoms with van der Waals surface area (Å²) in [5, 5.41) is 0. The van der Waals surface area contributed by atoms with E-state index in [0.717, 1.165) is 17.2 Å². The topological polar surface area (TPSA) is 51.8 Å². The third-order valence-electron chi connectivity index (χ3n) is 2.33. The first-order valence-corrected chi connectivity index (χ1v) is 6.04. The molecule has 0 saturated carbocycles. The van der Waals surface area contributed by atoms with Crippen LogP contribution in [0.15, 0.2) is 0 Å². The SMILES string of the molecule is CC.Cc1nc(C(C)N)nc(C)c1C(C)C. The molecule has 1 rings (SSSR count). The molecule has 0 radical (unpaired) electrons. The Hall–Kier alpha value is -0.960. The molecule has 1 aromatic heterocycles. The maximum absolute atomic E-state index is 5.75. The van der Waals surface area contributed by atoms with Crippen molar-refractivity contribution in [3.8, 4) is 0 Å². The van der Waals surface area contributed by atoms with Gasteiger partial charge >= 0.3 is 0 Å². The van der Waals surface area contributed by atoms with Gasteiger partial charge in [-0.1, -0.05) is 27.7 Å². The first kappa shape index (κ1) is 15.0. The highest BCUT2D eigenvalue weighted by atomic mass is 14.9. The minimum absolute atomic E-state index is 0.0892. The summed E-state index contributed by atoms with van der Waals surface area (Å²) < 4.78 is 0. The third-order valence-corrected chi connectivity index (χ3v) is 2.33. The fourth-order valence-electron chi connectivity index (χ4n) is 1.79. The van der Waals surface area contributed by atoms with Crippen LogP contribution in [-0.4, -0.2) is 9.97 Å². The average molecular weight is 223 g/mol. The van der Waals surface area contributed by atoms with Crippen LogP contribution in [0.25, 0.3) is 0 Å². The van der Waals surface area contributed by atoms with Crippen molar-refractivity contribution in [2.75, 3.05) is 0 Å². The summed E-state index contributed by atoms with van der Waals surface area (Å²) in [6, 6.07) is -0.0892. The molecule has 3 heteroatoms. The van der Waals surface area contributed by atoms with Gasteiger partial charge in [0.1, 0.15) is 5.82 Å². The van der Waals surface area contributed by atoms with Crippen molar-refractivity contribution in [2.24, 2.45) is 5.73 Å². The smallest absolute Gasteiger partial charge is 0.145 e. The molecule has 1 heterocycles. The zero-order chi connectivity index (χ0) is 12.9. The second-order valence-electron chi connectivity index (χ2n) is 4.11. The van der Waals surface area contributed by atoms with Crippen molar-refractivity contribution in [3.63, 3.8) is 0 Å². The largest absolute Gasteiger partial charge is 0.322 e. The van der Waals surface area contributed by atoms with E-state index in [-0.39, 0.29) is 6.04 Å². The number of aryl methyl sites for hydroxylation is 2. The van der Waals surface area contributed by atoms with Crippen molar-refractivity contribution in [1.82, 2.24) is 9.97 Å². The molecule has 0 aromatic carbocycles. The van der Waals surface area contributed by atoms with E-state index in [1.807, 2.05) is 34.6 Å². The molecule has 3 nitrogen and oxygen atoms in total. The van der Waals surface area contributed by atoms with E-state index in [1.54, 1.807) is 0 Å². The maximum atomic E-state index is 5.75. The summed E-state index contributed by atoms with van der Waals surface area (Å²) in [4.78, 5) is 8.84. The van der Waals surface area contributed by atoms with Crippen LogP contribution in [0.4, 0.5) is 0 Å². The Morgan fingerprint density at radius 3 is 1.56 bits per heavy atom. The van der Waals surface area contributed by atoms with Crippen LogP contribution in [-0.2, 0) is 0 Å². The minimum atomic E-state index is -0.0892. The van der Waals surface area contributed by atoms with Gasteiger partial charge in [0.05, 0.1) is 6.04 Å². The molecule has 92 valence electrons. The molecular weight excluding hydrogens is 198 g/mol. The summed E-state index contributed by atoms with van der Waals surface area (Å²) in [5.41, 5.74) is 9.11. The van der Waals surface area contributed by atoms with Gasteiger partial charge in [-0.05, 0) is 32.3 Å². The van der Waals surface area contributed by atoms with E-state index in [2.05, 4.69) is 23.8 Å². The van der Waals surface area contributed by atoms with Gasteiger partial charge in [-0.25, -0.2) is 9.97 Å². The van der Waals surface area contributed by atoms with Gasteiger partial charge in [0, 0.05) is 11.4 Å². The fraction of sp³-hybridized carbons (Fsp3) is 0.692. The molecule has 16 heavy (non-hydrogen) atoms. The molecule has 0 saturated heterocycles. The number of aromatic nitrogens is 2. The molecule has 0 aliphatic rings. The van der Waals surface area contributed by atoms with Crippen molar-refractivity contribution in [3.05, 3.63) is 22.8 Å². The first-order chi connectivity index (χ1) is 7.43. The molecule has 0 amide bonds. The molecule has 2 N–H and O–H groups in total. The lowest BCUT2D eigenvalue weighted by Gasteiger charge is -2.14. The predicted octanol–water partition coefficient (Wildman–Crippen LogP) is 3.26. The Bertz CT molecular complexity index is 307. The zero-order valence-corrected chi connectivity index (χ0v) is 11.6. The Morgan fingerprint density at radius 2 is 1.31 bits per heavy atom. The molecule has 0 aliphatic heterocycles. The lowest BCUT2D eigenvalue weighted by molar-refractivity contribution is 0.706. The predicted molar refractivity (Wildman–Crippen MR) is 69.5 cm³/mol. The molecule has 1 unspecified atom stereocenters. The molecule has 0 fully saturated rings. The van der Waals surface area contributed by atoms with Crippen LogP contribution in [0, 0.1) is 13.8 Å². The summed E-state index contributed by atoms with van der Waals surface area (Å²) >= 11 is 0. The molecule has 1 aromatic rings. The van der Waals surface area contributed by atoms with Crippen LogP contribution in [0.5, 0.6) is 0 Å². The quantitative estimate of drug-likeness (QED) is 0.837. The molecule has 0 aliphatic carbocycles. The second kappa shape index (κ2) is 6.59. The van der Waals surface area contributed by atoms with Gasteiger partial charge < -0.3 is 5.73 Å². The van der Waals surface area contributed by atoms with E-state index < -0.39 is 0 Å². The van der Waals surface area contributed by atoms with Crippen molar-refractivity contribution < 1.29 is 0 Å². The number of nitrogens with two attached hydrogens (primary N) is 1. The summed E-state index contributed by atoms with van der Waals surface area (Å²) in [5.74, 6) is 1.21. The van der Waals surface area contributed by atoms with E-state index in [1.165, 1.54) is 5.56 Å². The second-order valence-corrected chi connectivity index (χ2v) is 4.11. The van der Waals surface area contributed by atoms with Crippen molar-refractivity contribution in [2.45, 2.75) is 60.4 Å². The third kappa shape index (κ3) is 3.56.